The molecule has 0 aliphatic carbocycles. The summed E-state index contributed by atoms with van der Waals surface area (Å²) in [5.41, 5.74) is 3.70. The Morgan fingerprint density at radius 2 is 1.61 bits per heavy atom. The van der Waals surface area contributed by atoms with E-state index in [1.54, 1.807) is 45.9 Å². The first-order valence-electron chi connectivity index (χ1n) is 12.3. The molecule has 4 rings (SSSR count). The van der Waals surface area contributed by atoms with Gasteiger partial charge in [0, 0.05) is 44.8 Å². The zero-order valence-electron chi connectivity index (χ0n) is 21.0. The van der Waals surface area contributed by atoms with E-state index in [1.807, 2.05) is 32.0 Å². The summed E-state index contributed by atoms with van der Waals surface area (Å²) in [6.45, 7) is 7.84. The van der Waals surface area contributed by atoms with Crippen molar-refractivity contribution >= 4 is 35.2 Å². The maximum Gasteiger partial charge on any atom is 0.409 e. The molecule has 0 aromatic heterocycles. The molecule has 2 saturated heterocycles. The summed E-state index contributed by atoms with van der Waals surface area (Å²) in [7, 11) is 0. The van der Waals surface area contributed by atoms with Gasteiger partial charge in [-0.1, -0.05) is 18.2 Å². The molecule has 0 spiro atoms. The molecule has 0 bridgehead atoms. The zero-order chi connectivity index (χ0) is 25.8. The van der Waals surface area contributed by atoms with Crippen LogP contribution in [-0.2, 0) is 14.3 Å². The van der Waals surface area contributed by atoms with E-state index in [0.29, 0.717) is 50.6 Å². The van der Waals surface area contributed by atoms with Gasteiger partial charge < -0.3 is 24.8 Å². The molecular formula is C27H32N4O5. The number of carbonyl (C=O) groups is 4. The Balaban J connectivity index is 1.41. The number of piperazine rings is 1. The summed E-state index contributed by atoms with van der Waals surface area (Å²) in [4.78, 5) is 55.9. The van der Waals surface area contributed by atoms with E-state index in [2.05, 4.69) is 5.32 Å². The van der Waals surface area contributed by atoms with Gasteiger partial charge >= 0.3 is 6.09 Å². The minimum atomic E-state index is -0.519. The average molecular weight is 493 g/mol. The van der Waals surface area contributed by atoms with Gasteiger partial charge in [0.25, 0.3) is 5.91 Å². The fourth-order valence-electron chi connectivity index (χ4n) is 4.73. The SMILES string of the molecule is CCOC(=O)N1CCN(C(=O)c2ccccc2NC(=O)C2CC(=O)N(c3cc(C)cc(C)c3)C2)CC1. The number of anilines is 2. The normalized spacial score (nSPS) is 17.8. The van der Waals surface area contributed by atoms with Gasteiger partial charge in [-0.15, -0.1) is 0 Å². The summed E-state index contributed by atoms with van der Waals surface area (Å²) in [5.74, 6) is -1.12. The van der Waals surface area contributed by atoms with Gasteiger partial charge in [-0.25, -0.2) is 4.79 Å². The smallest absolute Gasteiger partial charge is 0.409 e. The first kappa shape index (κ1) is 25.2. The van der Waals surface area contributed by atoms with Crippen molar-refractivity contribution in [2.75, 3.05) is 49.5 Å². The number of carbonyl (C=O) groups excluding carboxylic acids is 4. The number of hydrogen-bond acceptors (Lipinski definition) is 5. The van der Waals surface area contributed by atoms with Gasteiger partial charge in [0.2, 0.25) is 11.8 Å². The maximum atomic E-state index is 13.3. The zero-order valence-corrected chi connectivity index (χ0v) is 21.0. The molecule has 36 heavy (non-hydrogen) atoms. The van der Waals surface area contributed by atoms with E-state index in [-0.39, 0.29) is 30.2 Å². The summed E-state index contributed by atoms with van der Waals surface area (Å²) < 4.78 is 5.04. The van der Waals surface area contributed by atoms with Crippen LogP contribution in [0.5, 0.6) is 0 Å². The van der Waals surface area contributed by atoms with Gasteiger partial charge in [-0.05, 0) is 56.2 Å². The van der Waals surface area contributed by atoms with Crippen molar-refractivity contribution in [1.82, 2.24) is 9.80 Å². The van der Waals surface area contributed by atoms with Crippen LogP contribution in [0.15, 0.2) is 42.5 Å². The Kier molecular flexibility index (Phi) is 7.57. The third-order valence-electron chi connectivity index (χ3n) is 6.52. The van der Waals surface area contributed by atoms with Crippen LogP contribution in [-0.4, -0.2) is 72.9 Å². The molecule has 0 saturated carbocycles. The molecule has 0 radical (unpaired) electrons. The molecule has 2 heterocycles. The summed E-state index contributed by atoms with van der Waals surface area (Å²) in [5, 5.41) is 2.88. The molecule has 190 valence electrons. The van der Waals surface area contributed by atoms with Gasteiger partial charge in [0.15, 0.2) is 0 Å². The van der Waals surface area contributed by atoms with E-state index < -0.39 is 5.92 Å². The van der Waals surface area contributed by atoms with Gasteiger partial charge in [0.1, 0.15) is 0 Å². The summed E-state index contributed by atoms with van der Waals surface area (Å²) >= 11 is 0. The van der Waals surface area contributed by atoms with Crippen LogP contribution in [0.2, 0.25) is 0 Å². The highest BCUT2D eigenvalue weighted by molar-refractivity contribution is 6.07. The van der Waals surface area contributed by atoms with E-state index in [0.717, 1.165) is 16.8 Å². The summed E-state index contributed by atoms with van der Waals surface area (Å²) in [6.07, 6.45) is -0.261. The highest BCUT2D eigenvalue weighted by atomic mass is 16.6. The summed E-state index contributed by atoms with van der Waals surface area (Å²) in [6, 6.07) is 12.8. The minimum Gasteiger partial charge on any atom is -0.450 e. The van der Waals surface area contributed by atoms with E-state index >= 15 is 0 Å². The highest BCUT2D eigenvalue weighted by Gasteiger charge is 2.36. The van der Waals surface area contributed by atoms with Crippen LogP contribution in [0, 0.1) is 19.8 Å². The lowest BCUT2D eigenvalue weighted by Crippen LogP contribution is -2.50. The molecular weight excluding hydrogens is 460 g/mol. The van der Waals surface area contributed by atoms with Gasteiger partial charge in [-0.3, -0.25) is 14.4 Å². The number of ether oxygens (including phenoxy) is 1. The highest BCUT2D eigenvalue weighted by Crippen LogP contribution is 2.28. The molecule has 9 heteroatoms. The van der Waals surface area contributed by atoms with Gasteiger partial charge in [-0.2, -0.15) is 0 Å². The van der Waals surface area contributed by atoms with Gasteiger partial charge in [0.05, 0.1) is 23.8 Å². The second-order valence-corrected chi connectivity index (χ2v) is 9.26. The topological polar surface area (TPSA) is 99.3 Å². The van der Waals surface area contributed by atoms with E-state index in [1.165, 1.54) is 0 Å². The lowest BCUT2D eigenvalue weighted by molar-refractivity contribution is -0.122. The molecule has 2 aromatic carbocycles. The fourth-order valence-corrected chi connectivity index (χ4v) is 4.73. The molecule has 4 amide bonds. The Morgan fingerprint density at radius 3 is 2.28 bits per heavy atom. The maximum absolute atomic E-state index is 13.3. The third kappa shape index (κ3) is 5.50. The van der Waals surface area contributed by atoms with Crippen LogP contribution in [0.1, 0.15) is 34.8 Å². The number of benzene rings is 2. The number of nitrogens with one attached hydrogen (secondary N) is 1. The van der Waals surface area contributed by atoms with Crippen molar-refractivity contribution in [1.29, 1.82) is 0 Å². The largest absolute Gasteiger partial charge is 0.450 e. The van der Waals surface area contributed by atoms with Crippen molar-refractivity contribution < 1.29 is 23.9 Å². The Bertz CT molecular complexity index is 1150. The Hall–Kier alpha value is -3.88. The number of hydrogen-bond donors (Lipinski definition) is 1. The lowest BCUT2D eigenvalue weighted by Gasteiger charge is -2.34. The van der Waals surface area contributed by atoms with Crippen molar-refractivity contribution in [3.05, 3.63) is 59.2 Å². The molecule has 1 N–H and O–H groups in total. The van der Waals surface area contributed by atoms with E-state index in [4.69, 9.17) is 4.74 Å². The number of aryl methyl sites for hydroxylation is 2. The minimum absolute atomic E-state index is 0.0935. The van der Waals surface area contributed by atoms with Crippen LogP contribution in [0.3, 0.4) is 0 Å². The molecule has 1 atom stereocenters. The molecule has 1 unspecified atom stereocenters. The molecule has 2 fully saturated rings. The fraction of sp³-hybridized carbons (Fsp3) is 0.407. The molecule has 2 aliphatic rings. The third-order valence-corrected chi connectivity index (χ3v) is 6.52. The van der Waals surface area contributed by atoms with Crippen molar-refractivity contribution in [2.24, 2.45) is 5.92 Å². The molecule has 2 aromatic rings. The second kappa shape index (κ2) is 10.8. The predicted molar refractivity (Wildman–Crippen MR) is 136 cm³/mol. The Morgan fingerprint density at radius 1 is 0.972 bits per heavy atom. The van der Waals surface area contributed by atoms with Crippen molar-refractivity contribution in [3.63, 3.8) is 0 Å². The monoisotopic (exact) mass is 492 g/mol. The number of para-hydroxylation sites is 1. The van der Waals surface area contributed by atoms with Crippen molar-refractivity contribution in [3.8, 4) is 0 Å². The predicted octanol–water partition coefficient (Wildman–Crippen LogP) is 3.21. The van der Waals surface area contributed by atoms with Crippen LogP contribution >= 0.6 is 0 Å². The molecule has 9 nitrogen and oxygen atoms in total. The number of rotatable bonds is 5. The lowest BCUT2D eigenvalue weighted by atomic mass is 10.1. The average Bonchev–Trinajstić information content (AvgIpc) is 3.25. The van der Waals surface area contributed by atoms with Crippen LogP contribution in [0.25, 0.3) is 0 Å². The number of amides is 4. The second-order valence-electron chi connectivity index (χ2n) is 9.26. The Labute approximate surface area is 211 Å². The van der Waals surface area contributed by atoms with E-state index in [9.17, 15) is 19.2 Å². The van der Waals surface area contributed by atoms with Crippen molar-refractivity contribution in [2.45, 2.75) is 27.2 Å². The molecule has 2 aliphatic heterocycles. The van der Waals surface area contributed by atoms with Crippen LogP contribution < -0.4 is 10.2 Å². The first-order valence-corrected chi connectivity index (χ1v) is 12.3. The number of nitrogens with zero attached hydrogens (tertiary/aromatic N) is 3. The standard InChI is InChI=1S/C27H32N4O5/c1-4-36-27(35)30-11-9-29(10-12-30)26(34)22-7-5-6-8-23(22)28-25(33)20-16-24(32)31(17-20)21-14-18(2)13-19(3)15-21/h5-8,13-15,20H,4,9-12,16-17H2,1-3H3,(H,28,33). The van der Waals surface area contributed by atoms with Crippen LogP contribution in [0.4, 0.5) is 16.2 Å². The first-order chi connectivity index (χ1) is 17.3. The quantitative estimate of drug-likeness (QED) is 0.691.